The molecule has 0 spiro atoms. The first-order valence-electron chi connectivity index (χ1n) is 21.8. The van der Waals surface area contributed by atoms with Gasteiger partial charge >= 0.3 is 0 Å². The number of fused-ring (bicyclic) bond motifs is 6. The van der Waals surface area contributed by atoms with Crippen LogP contribution in [0.1, 0.15) is 25.0 Å². The van der Waals surface area contributed by atoms with Crippen molar-refractivity contribution in [1.29, 1.82) is 0 Å². The van der Waals surface area contributed by atoms with E-state index in [1.165, 1.54) is 75.8 Å². The Morgan fingerprint density at radius 1 is 0.328 bits per heavy atom. The molecule has 2 heterocycles. The second-order valence-corrected chi connectivity index (χ2v) is 18.2. The molecule has 0 atom stereocenters. The lowest BCUT2D eigenvalue weighted by Crippen LogP contribution is -2.14. The number of hydrogen-bond acceptors (Lipinski definition) is 4. The second-order valence-electron chi connectivity index (χ2n) is 17.1. The summed E-state index contributed by atoms with van der Waals surface area (Å²) in [7, 11) is 0. The third kappa shape index (κ3) is 6.37. The van der Waals surface area contributed by atoms with E-state index in [-0.39, 0.29) is 5.41 Å². The second kappa shape index (κ2) is 15.2. The van der Waals surface area contributed by atoms with Crippen molar-refractivity contribution in [3.05, 3.63) is 223 Å². The quantitative estimate of drug-likeness (QED) is 0.161. The Bertz CT molecular complexity index is 3570. The largest absolute Gasteiger partial charge is 0.208 e. The molecule has 9 aromatic carbocycles. The van der Waals surface area contributed by atoms with Crippen LogP contribution >= 0.6 is 11.3 Å². The summed E-state index contributed by atoms with van der Waals surface area (Å²) in [6.45, 7) is 4.66. The molecule has 0 N–H and O–H groups in total. The maximum absolute atomic E-state index is 5.34. The molecule has 302 valence electrons. The van der Waals surface area contributed by atoms with Crippen LogP contribution < -0.4 is 0 Å². The van der Waals surface area contributed by atoms with Crippen molar-refractivity contribution in [2.24, 2.45) is 0 Å². The lowest BCUT2D eigenvalue weighted by molar-refractivity contribution is 0.660. The predicted octanol–water partition coefficient (Wildman–Crippen LogP) is 16.2. The van der Waals surface area contributed by atoms with Crippen LogP contribution in [0.2, 0.25) is 0 Å². The van der Waals surface area contributed by atoms with Crippen molar-refractivity contribution >= 4 is 31.5 Å². The number of hydrogen-bond donors (Lipinski definition) is 0. The standard InChI is InChI=1S/C60H41N3S/c1-60(2)51-27-12-11-24-49(51)55-47(26-14-28-52(55)60)46-22-9-10-23-48(46)59-62-57(41-18-7-4-8-19-41)61-58(63-59)44-21-13-20-43(36-44)45-25-15-29-54-56(45)50-37-42(34-35-53(50)64-54)40-32-30-39(31-33-40)38-16-5-3-6-17-38/h3-37H,1-2H3. The van der Waals surface area contributed by atoms with E-state index in [1.807, 2.05) is 29.5 Å². The Morgan fingerprint density at radius 2 is 0.844 bits per heavy atom. The smallest absolute Gasteiger partial charge is 0.164 e. The highest BCUT2D eigenvalue weighted by molar-refractivity contribution is 7.26. The molecule has 2 aromatic heterocycles. The minimum Gasteiger partial charge on any atom is -0.208 e. The Labute approximate surface area is 377 Å². The van der Waals surface area contributed by atoms with Crippen molar-refractivity contribution in [2.45, 2.75) is 19.3 Å². The van der Waals surface area contributed by atoms with Gasteiger partial charge in [-0.15, -0.1) is 11.3 Å². The molecule has 0 amide bonds. The van der Waals surface area contributed by atoms with Crippen LogP contribution in [-0.4, -0.2) is 15.0 Å². The zero-order valence-corrected chi connectivity index (χ0v) is 36.3. The molecule has 0 unspecified atom stereocenters. The number of rotatable bonds is 7. The fourth-order valence-corrected chi connectivity index (χ4v) is 10.9. The van der Waals surface area contributed by atoms with Crippen molar-refractivity contribution in [3.63, 3.8) is 0 Å². The number of benzene rings is 9. The summed E-state index contributed by atoms with van der Waals surface area (Å²) in [4.78, 5) is 15.8. The molecular weight excluding hydrogens is 795 g/mol. The Morgan fingerprint density at radius 3 is 1.62 bits per heavy atom. The summed E-state index contributed by atoms with van der Waals surface area (Å²) in [5.41, 5.74) is 17.4. The van der Waals surface area contributed by atoms with Gasteiger partial charge in [-0.05, 0) is 91.0 Å². The van der Waals surface area contributed by atoms with Gasteiger partial charge in [0.15, 0.2) is 17.5 Å². The minimum absolute atomic E-state index is 0.111. The van der Waals surface area contributed by atoms with Gasteiger partial charge in [-0.1, -0.05) is 202 Å². The molecule has 11 aromatic rings. The minimum atomic E-state index is -0.111. The van der Waals surface area contributed by atoms with E-state index in [0.717, 1.165) is 27.8 Å². The highest BCUT2D eigenvalue weighted by Gasteiger charge is 2.37. The SMILES string of the molecule is CC1(C)c2ccccc2-c2c(-c3ccccc3-c3nc(-c4ccccc4)nc(-c4cccc(-c5cccc6sc7ccc(-c8ccc(-c9ccccc9)cc8)cc7c56)c4)n3)cccc21. The third-order valence-electron chi connectivity index (χ3n) is 13.0. The van der Waals surface area contributed by atoms with Crippen LogP contribution in [-0.2, 0) is 5.41 Å². The first kappa shape index (κ1) is 37.9. The van der Waals surface area contributed by atoms with Crippen molar-refractivity contribution in [3.8, 4) is 89.8 Å². The van der Waals surface area contributed by atoms with Crippen LogP contribution in [0.3, 0.4) is 0 Å². The number of thiophene rings is 1. The van der Waals surface area contributed by atoms with Crippen molar-refractivity contribution < 1.29 is 0 Å². The first-order valence-corrected chi connectivity index (χ1v) is 22.7. The van der Waals surface area contributed by atoms with Gasteiger partial charge in [0.05, 0.1) is 0 Å². The van der Waals surface area contributed by atoms with E-state index >= 15 is 0 Å². The normalized spacial score (nSPS) is 12.7. The Kier molecular flexibility index (Phi) is 9.03. The molecule has 64 heavy (non-hydrogen) atoms. The van der Waals surface area contributed by atoms with Gasteiger partial charge in [0.25, 0.3) is 0 Å². The molecule has 0 saturated heterocycles. The summed E-state index contributed by atoms with van der Waals surface area (Å²) >= 11 is 1.84. The molecule has 0 bridgehead atoms. The first-order chi connectivity index (χ1) is 31.5. The monoisotopic (exact) mass is 835 g/mol. The van der Waals surface area contributed by atoms with E-state index in [9.17, 15) is 0 Å². The van der Waals surface area contributed by atoms with Gasteiger partial charge in [0, 0.05) is 42.3 Å². The molecule has 1 aliphatic carbocycles. The van der Waals surface area contributed by atoms with Crippen LogP contribution in [0.25, 0.3) is 110 Å². The predicted molar refractivity (Wildman–Crippen MR) is 268 cm³/mol. The van der Waals surface area contributed by atoms with Crippen LogP contribution in [0, 0.1) is 0 Å². The van der Waals surface area contributed by atoms with Gasteiger partial charge in [-0.25, -0.2) is 15.0 Å². The van der Waals surface area contributed by atoms with Crippen LogP contribution in [0.4, 0.5) is 0 Å². The van der Waals surface area contributed by atoms with Gasteiger partial charge in [0.2, 0.25) is 0 Å². The molecule has 12 rings (SSSR count). The van der Waals surface area contributed by atoms with E-state index in [4.69, 9.17) is 15.0 Å². The summed E-state index contributed by atoms with van der Waals surface area (Å²) in [5, 5.41) is 2.52. The highest BCUT2D eigenvalue weighted by Crippen LogP contribution is 2.53. The number of aromatic nitrogens is 3. The fraction of sp³-hybridized carbons (Fsp3) is 0.0500. The lowest BCUT2D eigenvalue weighted by Gasteiger charge is -2.21. The third-order valence-corrected chi connectivity index (χ3v) is 14.1. The Balaban J connectivity index is 0.981. The molecule has 3 nitrogen and oxygen atoms in total. The molecule has 1 aliphatic rings. The van der Waals surface area contributed by atoms with E-state index in [1.54, 1.807) is 0 Å². The van der Waals surface area contributed by atoms with Crippen LogP contribution in [0.15, 0.2) is 212 Å². The Hall–Kier alpha value is -7.79. The van der Waals surface area contributed by atoms with E-state index in [2.05, 4.69) is 208 Å². The zero-order valence-electron chi connectivity index (χ0n) is 35.5. The lowest BCUT2D eigenvalue weighted by atomic mass is 9.82. The summed E-state index contributed by atoms with van der Waals surface area (Å²) in [6, 6.07) is 76.1. The van der Waals surface area contributed by atoms with Gasteiger partial charge in [0.1, 0.15) is 0 Å². The van der Waals surface area contributed by atoms with Gasteiger partial charge in [-0.3, -0.25) is 0 Å². The maximum Gasteiger partial charge on any atom is 0.164 e. The zero-order chi connectivity index (χ0) is 42.8. The van der Waals surface area contributed by atoms with Crippen molar-refractivity contribution in [1.82, 2.24) is 15.0 Å². The average Bonchev–Trinajstić information content (AvgIpc) is 3.86. The molecule has 4 heteroatoms. The van der Waals surface area contributed by atoms with Gasteiger partial charge < -0.3 is 0 Å². The molecule has 0 aliphatic heterocycles. The number of nitrogens with zero attached hydrogens (tertiary/aromatic N) is 3. The van der Waals surface area contributed by atoms with E-state index < -0.39 is 0 Å². The molecule has 0 saturated carbocycles. The van der Waals surface area contributed by atoms with Crippen LogP contribution in [0.5, 0.6) is 0 Å². The summed E-state index contributed by atoms with van der Waals surface area (Å²) in [6.07, 6.45) is 0. The maximum atomic E-state index is 5.34. The van der Waals surface area contributed by atoms with Crippen molar-refractivity contribution in [2.75, 3.05) is 0 Å². The van der Waals surface area contributed by atoms with E-state index in [0.29, 0.717) is 17.5 Å². The topological polar surface area (TPSA) is 38.7 Å². The molecule has 0 fully saturated rings. The average molecular weight is 836 g/mol. The fourth-order valence-electron chi connectivity index (χ4n) is 9.79. The molecular formula is C60H41N3S. The highest BCUT2D eigenvalue weighted by atomic mass is 32.1. The summed E-state index contributed by atoms with van der Waals surface area (Å²) in [5.74, 6) is 1.91. The summed E-state index contributed by atoms with van der Waals surface area (Å²) < 4.78 is 2.53. The molecule has 0 radical (unpaired) electrons. The van der Waals surface area contributed by atoms with Gasteiger partial charge in [-0.2, -0.15) is 0 Å².